The van der Waals surface area contributed by atoms with E-state index >= 15 is 0 Å². The van der Waals surface area contributed by atoms with Crippen molar-refractivity contribution in [2.45, 2.75) is 20.3 Å². The first kappa shape index (κ1) is 17.9. The van der Waals surface area contributed by atoms with Crippen LogP contribution in [0.4, 0.5) is 0 Å². The molecule has 0 atom stereocenters. The van der Waals surface area contributed by atoms with Gasteiger partial charge in [0.25, 0.3) is 5.91 Å². The van der Waals surface area contributed by atoms with E-state index in [4.69, 9.17) is 9.84 Å². The van der Waals surface area contributed by atoms with E-state index < -0.39 is 11.4 Å². The van der Waals surface area contributed by atoms with Crippen molar-refractivity contribution >= 4 is 23.2 Å². The maximum absolute atomic E-state index is 12.1. The molecule has 0 fully saturated rings. The van der Waals surface area contributed by atoms with Gasteiger partial charge in [-0.25, -0.2) is 4.98 Å². The minimum absolute atomic E-state index is 0.242. The Balaban J connectivity index is 1.97. The van der Waals surface area contributed by atoms with Crippen molar-refractivity contribution in [2.75, 3.05) is 13.7 Å². The van der Waals surface area contributed by atoms with Gasteiger partial charge in [0, 0.05) is 12.1 Å². The molecule has 2 aromatic rings. The van der Waals surface area contributed by atoms with Gasteiger partial charge in [0.2, 0.25) is 0 Å². The summed E-state index contributed by atoms with van der Waals surface area (Å²) in [5, 5.41) is 12.5. The van der Waals surface area contributed by atoms with Crippen molar-refractivity contribution in [3.63, 3.8) is 0 Å². The van der Waals surface area contributed by atoms with Crippen LogP contribution in [-0.4, -0.2) is 35.6 Å². The van der Waals surface area contributed by atoms with Gasteiger partial charge in [-0.05, 0) is 44.5 Å². The molecule has 24 heavy (non-hydrogen) atoms. The lowest BCUT2D eigenvalue weighted by atomic mass is 9.90. The Bertz CT molecular complexity index is 722. The van der Waals surface area contributed by atoms with Crippen molar-refractivity contribution in [3.8, 4) is 16.3 Å². The fourth-order valence-corrected chi connectivity index (χ4v) is 2.77. The van der Waals surface area contributed by atoms with E-state index in [9.17, 15) is 9.59 Å². The minimum Gasteiger partial charge on any atom is -0.497 e. The van der Waals surface area contributed by atoms with E-state index in [2.05, 4.69) is 10.3 Å². The number of methoxy groups -OCH3 is 1. The van der Waals surface area contributed by atoms with E-state index in [0.717, 1.165) is 16.3 Å². The zero-order valence-electron chi connectivity index (χ0n) is 13.8. The molecule has 0 aliphatic heterocycles. The SMILES string of the molecule is COc1ccc(-c2ncc(C(=O)NCCC(C)(C)C(=O)O)s2)cc1. The molecule has 2 rings (SSSR count). The number of carbonyl (C=O) groups is 2. The monoisotopic (exact) mass is 348 g/mol. The number of benzene rings is 1. The van der Waals surface area contributed by atoms with E-state index in [-0.39, 0.29) is 5.91 Å². The summed E-state index contributed by atoms with van der Waals surface area (Å²) < 4.78 is 5.11. The van der Waals surface area contributed by atoms with Crippen LogP contribution < -0.4 is 10.1 Å². The fraction of sp³-hybridized carbons (Fsp3) is 0.353. The Hall–Kier alpha value is -2.41. The van der Waals surface area contributed by atoms with Gasteiger partial charge in [0.1, 0.15) is 15.6 Å². The van der Waals surface area contributed by atoms with Crippen LogP contribution in [0.1, 0.15) is 29.9 Å². The van der Waals surface area contributed by atoms with Crippen LogP contribution in [0.15, 0.2) is 30.5 Å². The minimum atomic E-state index is -0.878. The van der Waals surface area contributed by atoms with Gasteiger partial charge in [-0.15, -0.1) is 11.3 Å². The second-order valence-corrected chi connectivity index (χ2v) is 6.98. The highest BCUT2D eigenvalue weighted by Gasteiger charge is 2.26. The van der Waals surface area contributed by atoms with Gasteiger partial charge in [-0.3, -0.25) is 9.59 Å². The zero-order valence-corrected chi connectivity index (χ0v) is 14.6. The Morgan fingerprint density at radius 3 is 2.54 bits per heavy atom. The number of aliphatic carboxylic acids is 1. The molecular weight excluding hydrogens is 328 g/mol. The van der Waals surface area contributed by atoms with Gasteiger partial charge in [-0.2, -0.15) is 0 Å². The third kappa shape index (κ3) is 4.32. The normalized spacial score (nSPS) is 11.1. The molecule has 0 spiro atoms. The summed E-state index contributed by atoms with van der Waals surface area (Å²) in [6.07, 6.45) is 1.89. The lowest BCUT2D eigenvalue weighted by Crippen LogP contribution is -2.31. The summed E-state index contributed by atoms with van der Waals surface area (Å²) in [4.78, 5) is 27.9. The predicted octanol–water partition coefficient (Wildman–Crippen LogP) is 3.05. The van der Waals surface area contributed by atoms with Gasteiger partial charge < -0.3 is 15.2 Å². The van der Waals surface area contributed by atoms with Crippen molar-refractivity contribution in [1.82, 2.24) is 10.3 Å². The fourth-order valence-electron chi connectivity index (χ4n) is 1.93. The van der Waals surface area contributed by atoms with Crippen molar-refractivity contribution in [3.05, 3.63) is 35.3 Å². The molecule has 0 saturated heterocycles. The molecule has 128 valence electrons. The van der Waals surface area contributed by atoms with Crippen molar-refractivity contribution < 1.29 is 19.4 Å². The molecular formula is C17H20N2O4S. The first-order chi connectivity index (χ1) is 11.3. The highest BCUT2D eigenvalue weighted by Crippen LogP contribution is 2.27. The molecule has 0 aliphatic rings. The number of rotatable bonds is 7. The highest BCUT2D eigenvalue weighted by atomic mass is 32.1. The average molecular weight is 348 g/mol. The molecule has 1 aromatic carbocycles. The van der Waals surface area contributed by atoms with E-state index in [1.807, 2.05) is 24.3 Å². The van der Waals surface area contributed by atoms with E-state index in [0.29, 0.717) is 17.8 Å². The second-order valence-electron chi connectivity index (χ2n) is 5.95. The number of thiazole rings is 1. The second kappa shape index (κ2) is 7.44. The lowest BCUT2D eigenvalue weighted by molar-refractivity contribution is -0.147. The number of hydrogen-bond donors (Lipinski definition) is 2. The number of carboxylic acid groups (broad SMARTS) is 1. The topological polar surface area (TPSA) is 88.5 Å². The molecule has 0 bridgehead atoms. The van der Waals surface area contributed by atoms with E-state index in [1.54, 1.807) is 21.0 Å². The number of carbonyl (C=O) groups excluding carboxylic acids is 1. The Kier molecular flexibility index (Phi) is 5.56. The van der Waals surface area contributed by atoms with Gasteiger partial charge in [0.05, 0.1) is 18.7 Å². The number of amides is 1. The molecule has 0 saturated carbocycles. The summed E-state index contributed by atoms with van der Waals surface area (Å²) in [5.41, 5.74) is 0.0433. The number of nitrogens with one attached hydrogen (secondary N) is 1. The van der Waals surface area contributed by atoms with Crippen molar-refractivity contribution in [2.24, 2.45) is 5.41 Å². The zero-order chi connectivity index (χ0) is 17.7. The smallest absolute Gasteiger partial charge is 0.309 e. The number of carboxylic acids is 1. The molecule has 0 radical (unpaired) electrons. The van der Waals surface area contributed by atoms with Gasteiger partial charge in [0.15, 0.2) is 0 Å². The first-order valence-corrected chi connectivity index (χ1v) is 8.27. The molecule has 2 N–H and O–H groups in total. The predicted molar refractivity (Wildman–Crippen MR) is 92.5 cm³/mol. The van der Waals surface area contributed by atoms with Crippen LogP contribution in [0.3, 0.4) is 0 Å². The summed E-state index contributed by atoms with van der Waals surface area (Å²) in [6.45, 7) is 3.57. The first-order valence-electron chi connectivity index (χ1n) is 7.45. The van der Waals surface area contributed by atoms with Crippen LogP contribution in [-0.2, 0) is 4.79 Å². The summed E-state index contributed by atoms with van der Waals surface area (Å²) in [7, 11) is 1.60. The molecule has 0 aliphatic carbocycles. The summed E-state index contributed by atoms with van der Waals surface area (Å²) >= 11 is 1.29. The van der Waals surface area contributed by atoms with Crippen LogP contribution in [0, 0.1) is 5.41 Å². The van der Waals surface area contributed by atoms with Gasteiger partial charge in [-0.1, -0.05) is 0 Å². The summed E-state index contributed by atoms with van der Waals surface area (Å²) in [6, 6.07) is 7.44. The Morgan fingerprint density at radius 1 is 1.29 bits per heavy atom. The number of ether oxygens (including phenoxy) is 1. The van der Waals surface area contributed by atoms with Crippen LogP contribution in [0.5, 0.6) is 5.75 Å². The highest BCUT2D eigenvalue weighted by molar-refractivity contribution is 7.16. The van der Waals surface area contributed by atoms with Crippen LogP contribution >= 0.6 is 11.3 Å². The van der Waals surface area contributed by atoms with Crippen molar-refractivity contribution in [1.29, 1.82) is 0 Å². The molecule has 1 aromatic heterocycles. The van der Waals surface area contributed by atoms with Crippen LogP contribution in [0.2, 0.25) is 0 Å². The Labute approximate surface area is 144 Å². The quantitative estimate of drug-likeness (QED) is 0.803. The van der Waals surface area contributed by atoms with E-state index in [1.165, 1.54) is 17.5 Å². The maximum Gasteiger partial charge on any atom is 0.309 e. The lowest BCUT2D eigenvalue weighted by Gasteiger charge is -2.18. The largest absolute Gasteiger partial charge is 0.497 e. The van der Waals surface area contributed by atoms with Gasteiger partial charge >= 0.3 is 5.97 Å². The number of aromatic nitrogens is 1. The number of nitrogens with zero attached hydrogens (tertiary/aromatic N) is 1. The molecule has 0 unspecified atom stereocenters. The average Bonchev–Trinajstić information content (AvgIpc) is 3.04. The molecule has 1 heterocycles. The third-order valence-corrected chi connectivity index (χ3v) is 4.73. The third-order valence-electron chi connectivity index (χ3n) is 3.68. The summed E-state index contributed by atoms with van der Waals surface area (Å²) in [5.74, 6) is -0.362. The standard InChI is InChI=1S/C17H20N2O4S/c1-17(2,16(21)22)8-9-18-14(20)13-10-19-15(24-13)11-4-6-12(23-3)7-5-11/h4-7,10H,8-9H2,1-3H3,(H,18,20)(H,21,22). The molecule has 6 nitrogen and oxygen atoms in total. The van der Waals surface area contributed by atoms with Crippen LogP contribution in [0.25, 0.3) is 10.6 Å². The molecule has 7 heteroatoms. The number of hydrogen-bond acceptors (Lipinski definition) is 5. The molecule has 1 amide bonds. The Morgan fingerprint density at radius 2 is 1.96 bits per heavy atom. The maximum atomic E-state index is 12.1.